The Morgan fingerprint density at radius 1 is 1.21 bits per heavy atom. The third-order valence-electron chi connectivity index (χ3n) is 3.04. The van der Waals surface area contributed by atoms with E-state index in [9.17, 15) is 0 Å². The van der Waals surface area contributed by atoms with Crippen LogP contribution in [0.2, 0.25) is 0 Å². The van der Waals surface area contributed by atoms with Gasteiger partial charge in [0.25, 0.3) is 0 Å². The highest BCUT2D eigenvalue weighted by molar-refractivity contribution is 5.17. The Balaban J connectivity index is 1.91. The van der Waals surface area contributed by atoms with Crippen molar-refractivity contribution in [2.24, 2.45) is 0 Å². The summed E-state index contributed by atoms with van der Waals surface area (Å²) in [5.41, 5.74) is 1.23. The quantitative estimate of drug-likeness (QED) is 0.833. The van der Waals surface area contributed by atoms with Gasteiger partial charge in [-0.3, -0.25) is 4.90 Å². The van der Waals surface area contributed by atoms with Crippen molar-refractivity contribution >= 4 is 0 Å². The lowest BCUT2D eigenvalue weighted by Crippen LogP contribution is -2.19. The van der Waals surface area contributed by atoms with Crippen molar-refractivity contribution in [3.05, 3.63) is 47.3 Å². The average molecular weight is 262 g/mol. The predicted octanol–water partition coefficient (Wildman–Crippen LogP) is 2.92. The zero-order valence-electron chi connectivity index (χ0n) is 11.9. The van der Waals surface area contributed by atoms with Crippen molar-refractivity contribution in [2.75, 3.05) is 13.6 Å². The van der Waals surface area contributed by atoms with Gasteiger partial charge in [0.05, 0.1) is 19.4 Å². The molecule has 0 atom stereocenters. The largest absolute Gasteiger partial charge is 0.468 e. The van der Waals surface area contributed by atoms with Gasteiger partial charge in [-0.2, -0.15) is 0 Å². The minimum atomic E-state index is 0.785. The molecule has 0 spiro atoms. The van der Waals surface area contributed by atoms with E-state index in [0.717, 1.165) is 43.5 Å². The van der Waals surface area contributed by atoms with Crippen molar-refractivity contribution in [1.29, 1.82) is 0 Å². The Morgan fingerprint density at radius 2 is 2.05 bits per heavy atom. The number of rotatable bonds is 7. The minimum absolute atomic E-state index is 0.785. The summed E-state index contributed by atoms with van der Waals surface area (Å²) in [4.78, 5) is 2.19. The molecule has 0 unspecified atom stereocenters. The van der Waals surface area contributed by atoms with Gasteiger partial charge in [-0.1, -0.05) is 6.92 Å². The summed E-state index contributed by atoms with van der Waals surface area (Å²) in [6, 6.07) is 6.04. The first-order valence-corrected chi connectivity index (χ1v) is 6.69. The minimum Gasteiger partial charge on any atom is -0.468 e. The fourth-order valence-electron chi connectivity index (χ4n) is 2.06. The molecule has 0 bridgehead atoms. The van der Waals surface area contributed by atoms with E-state index >= 15 is 0 Å². The van der Waals surface area contributed by atoms with Crippen LogP contribution in [0.5, 0.6) is 0 Å². The number of hydrogen-bond donors (Lipinski definition) is 1. The van der Waals surface area contributed by atoms with Gasteiger partial charge < -0.3 is 14.2 Å². The standard InChI is InChI=1S/C15H22N2O2/c1-4-16-9-13-7-8-18-15(13)11-17(3)10-14-6-5-12(2)19-14/h5-8,16H,4,9-11H2,1-3H3. The number of aryl methyl sites for hydroxylation is 1. The van der Waals surface area contributed by atoms with Gasteiger partial charge in [0.15, 0.2) is 0 Å². The molecule has 2 heterocycles. The monoisotopic (exact) mass is 262 g/mol. The van der Waals surface area contributed by atoms with Crippen LogP contribution < -0.4 is 5.32 Å². The van der Waals surface area contributed by atoms with E-state index < -0.39 is 0 Å². The van der Waals surface area contributed by atoms with E-state index in [0.29, 0.717) is 0 Å². The molecule has 0 aliphatic heterocycles. The molecular weight excluding hydrogens is 240 g/mol. The van der Waals surface area contributed by atoms with E-state index in [2.05, 4.69) is 24.2 Å². The molecule has 0 aliphatic carbocycles. The molecule has 2 rings (SSSR count). The van der Waals surface area contributed by atoms with Crippen LogP contribution in [0.1, 0.15) is 29.8 Å². The second kappa shape index (κ2) is 6.59. The summed E-state index contributed by atoms with van der Waals surface area (Å²) < 4.78 is 11.1. The van der Waals surface area contributed by atoms with Crippen molar-refractivity contribution < 1.29 is 8.83 Å². The molecule has 0 fully saturated rings. The van der Waals surface area contributed by atoms with E-state index in [4.69, 9.17) is 8.83 Å². The molecule has 4 heteroatoms. The molecule has 19 heavy (non-hydrogen) atoms. The van der Waals surface area contributed by atoms with Gasteiger partial charge in [-0.15, -0.1) is 0 Å². The van der Waals surface area contributed by atoms with Crippen LogP contribution in [-0.2, 0) is 19.6 Å². The fourth-order valence-corrected chi connectivity index (χ4v) is 2.06. The lowest BCUT2D eigenvalue weighted by atomic mass is 10.2. The van der Waals surface area contributed by atoms with Gasteiger partial charge in [0, 0.05) is 12.1 Å². The first-order chi connectivity index (χ1) is 9.19. The molecule has 1 N–H and O–H groups in total. The SMILES string of the molecule is CCNCc1ccoc1CN(C)Cc1ccc(C)o1. The van der Waals surface area contributed by atoms with Gasteiger partial charge in [0.2, 0.25) is 0 Å². The summed E-state index contributed by atoms with van der Waals surface area (Å²) in [5, 5.41) is 3.32. The van der Waals surface area contributed by atoms with E-state index in [1.165, 1.54) is 5.56 Å². The molecule has 4 nitrogen and oxygen atoms in total. The van der Waals surface area contributed by atoms with E-state index in [1.807, 2.05) is 25.1 Å². The number of nitrogens with zero attached hydrogens (tertiary/aromatic N) is 1. The molecule has 0 aromatic carbocycles. The third kappa shape index (κ3) is 3.98. The van der Waals surface area contributed by atoms with Crippen molar-refractivity contribution in [3.8, 4) is 0 Å². The Hall–Kier alpha value is -1.52. The van der Waals surface area contributed by atoms with Gasteiger partial charge in [0.1, 0.15) is 17.3 Å². The summed E-state index contributed by atoms with van der Waals surface area (Å²) in [6.45, 7) is 7.46. The Kier molecular flexibility index (Phi) is 4.82. The van der Waals surface area contributed by atoms with Crippen LogP contribution in [0, 0.1) is 6.92 Å². The average Bonchev–Trinajstić information content (AvgIpc) is 2.96. The van der Waals surface area contributed by atoms with E-state index in [-0.39, 0.29) is 0 Å². The molecule has 2 aromatic rings. The van der Waals surface area contributed by atoms with Crippen LogP contribution in [0.3, 0.4) is 0 Å². The predicted molar refractivity (Wildman–Crippen MR) is 74.7 cm³/mol. The molecule has 0 saturated carbocycles. The van der Waals surface area contributed by atoms with Crippen molar-refractivity contribution in [3.63, 3.8) is 0 Å². The molecular formula is C15H22N2O2. The van der Waals surface area contributed by atoms with Crippen LogP contribution >= 0.6 is 0 Å². The number of furan rings is 2. The molecule has 2 aromatic heterocycles. The Labute approximate surface area is 114 Å². The molecule has 0 saturated heterocycles. The number of hydrogen-bond acceptors (Lipinski definition) is 4. The number of nitrogens with one attached hydrogen (secondary N) is 1. The highest BCUT2D eigenvalue weighted by atomic mass is 16.3. The fraction of sp³-hybridized carbons (Fsp3) is 0.467. The van der Waals surface area contributed by atoms with Gasteiger partial charge >= 0.3 is 0 Å². The molecule has 0 amide bonds. The first-order valence-electron chi connectivity index (χ1n) is 6.69. The van der Waals surface area contributed by atoms with Crippen LogP contribution in [0.4, 0.5) is 0 Å². The third-order valence-corrected chi connectivity index (χ3v) is 3.04. The zero-order chi connectivity index (χ0) is 13.7. The lowest BCUT2D eigenvalue weighted by Gasteiger charge is -2.14. The van der Waals surface area contributed by atoms with Crippen LogP contribution in [-0.4, -0.2) is 18.5 Å². The molecule has 104 valence electrons. The topological polar surface area (TPSA) is 41.6 Å². The van der Waals surface area contributed by atoms with E-state index in [1.54, 1.807) is 6.26 Å². The van der Waals surface area contributed by atoms with Crippen LogP contribution in [0.15, 0.2) is 33.3 Å². The second-order valence-electron chi connectivity index (χ2n) is 4.83. The maximum absolute atomic E-state index is 5.58. The van der Waals surface area contributed by atoms with Gasteiger partial charge in [-0.25, -0.2) is 0 Å². The zero-order valence-corrected chi connectivity index (χ0v) is 11.9. The second-order valence-corrected chi connectivity index (χ2v) is 4.83. The van der Waals surface area contributed by atoms with Crippen LogP contribution in [0.25, 0.3) is 0 Å². The van der Waals surface area contributed by atoms with Gasteiger partial charge in [-0.05, 0) is 38.7 Å². The summed E-state index contributed by atoms with van der Waals surface area (Å²) in [6.07, 6.45) is 1.76. The first kappa shape index (κ1) is 13.9. The highest BCUT2D eigenvalue weighted by Gasteiger charge is 2.10. The Morgan fingerprint density at radius 3 is 2.74 bits per heavy atom. The van der Waals surface area contributed by atoms with Crippen molar-refractivity contribution in [2.45, 2.75) is 33.5 Å². The highest BCUT2D eigenvalue weighted by Crippen LogP contribution is 2.15. The summed E-state index contributed by atoms with van der Waals surface area (Å²) >= 11 is 0. The summed E-state index contributed by atoms with van der Waals surface area (Å²) in [5.74, 6) is 2.96. The smallest absolute Gasteiger partial charge is 0.122 e. The summed E-state index contributed by atoms with van der Waals surface area (Å²) in [7, 11) is 2.07. The molecule has 0 radical (unpaired) electrons. The van der Waals surface area contributed by atoms with Crippen molar-refractivity contribution in [1.82, 2.24) is 10.2 Å². The normalized spacial score (nSPS) is 11.4. The maximum atomic E-state index is 5.58. The molecule has 0 aliphatic rings. The Bertz CT molecular complexity index is 502. The lowest BCUT2D eigenvalue weighted by molar-refractivity contribution is 0.261. The maximum Gasteiger partial charge on any atom is 0.122 e.